The molecule has 2 aliphatic rings. The first kappa shape index (κ1) is 18.9. The van der Waals surface area contributed by atoms with Gasteiger partial charge in [-0.25, -0.2) is 4.90 Å². The molecule has 2 unspecified atom stereocenters. The first-order valence-corrected chi connectivity index (χ1v) is 10.1. The lowest BCUT2D eigenvalue weighted by molar-refractivity contribution is -0.121. The minimum absolute atomic E-state index is 0.0158. The summed E-state index contributed by atoms with van der Waals surface area (Å²) < 4.78 is 6.72. The molecule has 0 radical (unpaired) electrons. The van der Waals surface area contributed by atoms with Crippen LogP contribution in [0.25, 0.3) is 5.57 Å². The largest absolute Gasteiger partial charge is 0.372 e. The van der Waals surface area contributed by atoms with E-state index >= 15 is 0 Å². The van der Waals surface area contributed by atoms with Crippen LogP contribution >= 0.6 is 15.9 Å². The van der Waals surface area contributed by atoms with E-state index in [4.69, 9.17) is 4.74 Å². The predicted molar refractivity (Wildman–Crippen MR) is 112 cm³/mol. The number of hydrogen-bond acceptors (Lipinski definition) is 4. The first-order valence-electron chi connectivity index (χ1n) is 9.30. The molecule has 2 amide bonds. The highest BCUT2D eigenvalue weighted by molar-refractivity contribution is 9.10. The topological polar surface area (TPSA) is 49.9 Å². The lowest BCUT2D eigenvalue weighted by Gasteiger charge is -2.37. The number of carbonyl (C=O) groups excluding carboxylic acids is 2. The fraction of sp³-hybridized carbons (Fsp3) is 0.273. The number of rotatable bonds is 3. The number of benzene rings is 2. The number of nitrogens with zero attached hydrogens (tertiary/aromatic N) is 2. The van der Waals surface area contributed by atoms with Crippen molar-refractivity contribution in [2.75, 3.05) is 18.0 Å². The normalized spacial score (nSPS) is 23.0. The molecule has 28 heavy (non-hydrogen) atoms. The zero-order valence-electron chi connectivity index (χ0n) is 15.8. The van der Waals surface area contributed by atoms with Crippen LogP contribution in [0.1, 0.15) is 19.4 Å². The summed E-state index contributed by atoms with van der Waals surface area (Å²) in [6.45, 7) is 5.12. The van der Waals surface area contributed by atoms with E-state index in [2.05, 4.69) is 15.9 Å². The highest BCUT2D eigenvalue weighted by Crippen LogP contribution is 2.36. The third-order valence-electron chi connectivity index (χ3n) is 4.94. The van der Waals surface area contributed by atoms with Gasteiger partial charge in [0.1, 0.15) is 5.70 Å². The summed E-state index contributed by atoms with van der Waals surface area (Å²) in [6, 6.07) is 16.6. The zero-order valence-corrected chi connectivity index (χ0v) is 17.3. The standard InChI is InChI=1S/C22H21BrN2O3/c1-14-12-24(13-15(2)28-14)20-19(16-6-4-3-5-7-16)21(26)25(22(20)27)18-10-8-17(23)9-11-18/h3-11,14-15H,12-13H2,1-2H3. The molecule has 0 saturated carbocycles. The summed E-state index contributed by atoms with van der Waals surface area (Å²) in [4.78, 5) is 30.1. The molecule has 6 heteroatoms. The Kier molecular flexibility index (Phi) is 5.08. The molecule has 144 valence electrons. The average molecular weight is 441 g/mol. The Morgan fingerprint density at radius 3 is 2.11 bits per heavy atom. The van der Waals surface area contributed by atoms with E-state index in [-0.39, 0.29) is 24.0 Å². The summed E-state index contributed by atoms with van der Waals surface area (Å²) in [5.41, 5.74) is 2.23. The van der Waals surface area contributed by atoms with Gasteiger partial charge in [-0.3, -0.25) is 9.59 Å². The van der Waals surface area contributed by atoms with Crippen molar-refractivity contribution >= 4 is 39.0 Å². The number of imide groups is 1. The first-order chi connectivity index (χ1) is 13.5. The van der Waals surface area contributed by atoms with Gasteiger partial charge in [0.2, 0.25) is 0 Å². The summed E-state index contributed by atoms with van der Waals surface area (Å²) >= 11 is 3.40. The highest BCUT2D eigenvalue weighted by Gasteiger charge is 2.43. The Morgan fingerprint density at radius 2 is 1.50 bits per heavy atom. The maximum Gasteiger partial charge on any atom is 0.282 e. The van der Waals surface area contributed by atoms with Gasteiger partial charge in [-0.15, -0.1) is 0 Å². The molecular weight excluding hydrogens is 420 g/mol. The van der Waals surface area contributed by atoms with E-state index in [1.807, 2.05) is 61.2 Å². The van der Waals surface area contributed by atoms with Crippen LogP contribution in [-0.2, 0) is 14.3 Å². The molecular formula is C22H21BrN2O3. The minimum Gasteiger partial charge on any atom is -0.372 e. The van der Waals surface area contributed by atoms with Gasteiger partial charge < -0.3 is 9.64 Å². The Morgan fingerprint density at radius 1 is 0.893 bits per heavy atom. The van der Waals surface area contributed by atoms with Crippen LogP contribution in [0.4, 0.5) is 5.69 Å². The second kappa shape index (κ2) is 7.53. The smallest absolute Gasteiger partial charge is 0.282 e. The van der Waals surface area contributed by atoms with Crippen molar-refractivity contribution in [1.29, 1.82) is 0 Å². The Hall–Kier alpha value is -2.44. The fourth-order valence-corrected chi connectivity index (χ4v) is 4.13. The van der Waals surface area contributed by atoms with E-state index in [0.29, 0.717) is 30.0 Å². The number of amides is 2. The van der Waals surface area contributed by atoms with E-state index < -0.39 is 0 Å². The second-order valence-corrected chi connectivity index (χ2v) is 8.09. The third-order valence-corrected chi connectivity index (χ3v) is 5.47. The van der Waals surface area contributed by atoms with E-state index in [9.17, 15) is 9.59 Å². The molecule has 4 rings (SSSR count). The molecule has 2 aromatic rings. The molecule has 0 aromatic heterocycles. The van der Waals surface area contributed by atoms with Crippen molar-refractivity contribution in [2.24, 2.45) is 0 Å². The van der Waals surface area contributed by atoms with E-state index in [0.717, 1.165) is 10.0 Å². The van der Waals surface area contributed by atoms with Crippen LogP contribution in [0.15, 0.2) is 64.8 Å². The molecule has 0 spiro atoms. The van der Waals surface area contributed by atoms with Gasteiger partial charge in [-0.1, -0.05) is 46.3 Å². The van der Waals surface area contributed by atoms with Crippen LogP contribution in [-0.4, -0.2) is 42.0 Å². The number of carbonyl (C=O) groups is 2. The number of morpholine rings is 1. The SMILES string of the molecule is CC1CN(C2=C(c3ccccc3)C(=O)N(c3ccc(Br)cc3)C2=O)CC(C)O1. The van der Waals surface area contributed by atoms with Crippen molar-refractivity contribution in [3.8, 4) is 0 Å². The van der Waals surface area contributed by atoms with E-state index in [1.54, 1.807) is 12.1 Å². The van der Waals surface area contributed by atoms with Crippen molar-refractivity contribution in [3.63, 3.8) is 0 Å². The maximum atomic E-state index is 13.5. The molecule has 0 bridgehead atoms. The second-order valence-electron chi connectivity index (χ2n) is 7.17. The van der Waals surface area contributed by atoms with Gasteiger partial charge in [-0.05, 0) is 43.7 Å². The van der Waals surface area contributed by atoms with Crippen LogP contribution in [0, 0.1) is 0 Å². The minimum atomic E-state index is -0.291. The molecule has 2 aliphatic heterocycles. The summed E-state index contributed by atoms with van der Waals surface area (Å²) in [5, 5.41) is 0. The molecule has 2 heterocycles. The zero-order chi connectivity index (χ0) is 19.8. The van der Waals surface area contributed by atoms with Crippen molar-refractivity contribution in [3.05, 3.63) is 70.3 Å². The van der Waals surface area contributed by atoms with Crippen LogP contribution in [0.3, 0.4) is 0 Å². The van der Waals surface area contributed by atoms with Gasteiger partial charge in [0, 0.05) is 17.6 Å². The van der Waals surface area contributed by atoms with Crippen molar-refractivity contribution in [1.82, 2.24) is 4.90 Å². The number of hydrogen-bond donors (Lipinski definition) is 0. The lowest BCUT2D eigenvalue weighted by atomic mass is 10.0. The molecule has 1 saturated heterocycles. The van der Waals surface area contributed by atoms with Crippen LogP contribution < -0.4 is 4.90 Å². The number of anilines is 1. The highest BCUT2D eigenvalue weighted by atomic mass is 79.9. The van der Waals surface area contributed by atoms with Crippen LogP contribution in [0.5, 0.6) is 0 Å². The molecule has 0 N–H and O–H groups in total. The summed E-state index contributed by atoms with van der Waals surface area (Å²) in [7, 11) is 0. The van der Waals surface area contributed by atoms with Gasteiger partial charge in [-0.2, -0.15) is 0 Å². The van der Waals surface area contributed by atoms with Gasteiger partial charge in [0.05, 0.1) is 23.5 Å². The number of halogens is 1. The predicted octanol–water partition coefficient (Wildman–Crippen LogP) is 3.84. The summed E-state index contributed by atoms with van der Waals surface area (Å²) in [6.07, 6.45) is -0.0317. The molecule has 5 nitrogen and oxygen atoms in total. The average Bonchev–Trinajstić information content (AvgIpc) is 2.93. The van der Waals surface area contributed by atoms with Crippen LogP contribution in [0.2, 0.25) is 0 Å². The fourth-order valence-electron chi connectivity index (χ4n) is 3.86. The Balaban J connectivity index is 1.82. The van der Waals surface area contributed by atoms with Gasteiger partial charge >= 0.3 is 0 Å². The Bertz CT molecular complexity index is 930. The van der Waals surface area contributed by atoms with Crippen molar-refractivity contribution in [2.45, 2.75) is 26.1 Å². The summed E-state index contributed by atoms with van der Waals surface area (Å²) in [5.74, 6) is -0.576. The monoisotopic (exact) mass is 440 g/mol. The quantitative estimate of drug-likeness (QED) is 0.680. The number of ether oxygens (including phenoxy) is 1. The van der Waals surface area contributed by atoms with Gasteiger partial charge in [0.25, 0.3) is 11.8 Å². The third kappa shape index (κ3) is 3.38. The van der Waals surface area contributed by atoms with Crippen molar-refractivity contribution < 1.29 is 14.3 Å². The molecule has 2 atom stereocenters. The molecule has 2 aromatic carbocycles. The molecule has 0 aliphatic carbocycles. The van der Waals surface area contributed by atoms with Gasteiger partial charge in [0.15, 0.2) is 0 Å². The Labute approximate surface area is 172 Å². The molecule has 1 fully saturated rings. The lowest BCUT2D eigenvalue weighted by Crippen LogP contribution is -2.47. The van der Waals surface area contributed by atoms with E-state index in [1.165, 1.54) is 4.90 Å². The maximum absolute atomic E-state index is 13.5.